The van der Waals surface area contributed by atoms with Crippen LogP contribution in [0.5, 0.6) is 0 Å². The Morgan fingerprint density at radius 2 is 2.50 bits per heavy atom. The number of hydrogen-bond donors (Lipinski definition) is 1. The van der Waals surface area contributed by atoms with Crippen molar-refractivity contribution >= 4 is 6.41 Å². The molecule has 68 valence electrons. The summed E-state index contributed by atoms with van der Waals surface area (Å²) in [4.78, 5) is 12.7. The Morgan fingerprint density at radius 3 is 3.00 bits per heavy atom. The smallest absolute Gasteiger partial charge is 0.207 e. The molecular weight excluding hydrogens is 156 g/mol. The second-order valence-electron chi connectivity index (χ2n) is 2.54. The van der Waals surface area contributed by atoms with Crippen LogP contribution in [0.3, 0.4) is 0 Å². The predicted molar refractivity (Wildman–Crippen MR) is 46.5 cm³/mol. The first-order chi connectivity index (χ1) is 5.85. The van der Waals surface area contributed by atoms with Gasteiger partial charge < -0.3 is 5.32 Å². The second-order valence-corrected chi connectivity index (χ2v) is 2.54. The zero-order chi connectivity index (χ0) is 9.23. The number of amides is 1. The number of unbranched alkanes of at least 4 members (excludes halogenated alkanes) is 1. The quantitative estimate of drug-likeness (QED) is 0.268. The minimum atomic E-state index is -0.00153. The van der Waals surface area contributed by atoms with Crippen LogP contribution in [0.1, 0.15) is 26.2 Å². The average Bonchev–Trinajstić information content (AvgIpc) is 2.10. The van der Waals surface area contributed by atoms with Crippen molar-refractivity contribution in [2.75, 3.05) is 6.54 Å². The van der Waals surface area contributed by atoms with E-state index in [0.29, 0.717) is 13.0 Å². The van der Waals surface area contributed by atoms with E-state index in [4.69, 9.17) is 5.53 Å². The van der Waals surface area contributed by atoms with E-state index in [1.54, 1.807) is 0 Å². The third-order valence-electron chi connectivity index (χ3n) is 1.58. The zero-order valence-corrected chi connectivity index (χ0v) is 7.23. The molecule has 0 aliphatic carbocycles. The number of hydrogen-bond acceptors (Lipinski definition) is 2. The molecule has 1 amide bonds. The summed E-state index contributed by atoms with van der Waals surface area (Å²) in [6.45, 7) is 2.42. The Morgan fingerprint density at radius 1 is 1.75 bits per heavy atom. The molecule has 0 rings (SSSR count). The van der Waals surface area contributed by atoms with Gasteiger partial charge in [-0.25, -0.2) is 0 Å². The molecule has 1 unspecified atom stereocenters. The summed E-state index contributed by atoms with van der Waals surface area (Å²) in [6.07, 6.45) is 3.63. The van der Waals surface area contributed by atoms with E-state index in [1.807, 2.05) is 0 Å². The molecule has 1 N–H and O–H groups in total. The lowest BCUT2D eigenvalue weighted by molar-refractivity contribution is -0.110. The highest BCUT2D eigenvalue weighted by molar-refractivity contribution is 5.46. The van der Waals surface area contributed by atoms with Crippen molar-refractivity contribution in [2.45, 2.75) is 32.2 Å². The molecule has 0 aromatic heterocycles. The normalized spacial score (nSPS) is 11.4. The third-order valence-corrected chi connectivity index (χ3v) is 1.58. The number of nitrogens with one attached hydrogen (secondary N) is 1. The number of nitrogens with zero attached hydrogens (tertiary/aromatic N) is 3. The third kappa shape index (κ3) is 5.56. The van der Waals surface area contributed by atoms with Crippen molar-refractivity contribution in [2.24, 2.45) is 5.11 Å². The molecule has 1 atom stereocenters. The van der Waals surface area contributed by atoms with Crippen molar-refractivity contribution in [3.63, 3.8) is 0 Å². The van der Waals surface area contributed by atoms with E-state index < -0.39 is 0 Å². The van der Waals surface area contributed by atoms with Crippen LogP contribution in [-0.4, -0.2) is 19.0 Å². The monoisotopic (exact) mass is 170 g/mol. The second kappa shape index (κ2) is 7.88. The highest BCUT2D eigenvalue weighted by Gasteiger charge is 2.03. The first-order valence-electron chi connectivity index (χ1n) is 4.05. The first-order valence-corrected chi connectivity index (χ1v) is 4.05. The van der Waals surface area contributed by atoms with Crippen LogP contribution in [-0.2, 0) is 4.79 Å². The molecule has 0 spiro atoms. The minimum Gasteiger partial charge on any atom is -0.356 e. The topological polar surface area (TPSA) is 77.9 Å². The van der Waals surface area contributed by atoms with Gasteiger partial charge >= 0.3 is 0 Å². The van der Waals surface area contributed by atoms with Crippen molar-refractivity contribution in [3.8, 4) is 0 Å². The first kappa shape index (κ1) is 10.8. The van der Waals surface area contributed by atoms with Gasteiger partial charge in [-0.05, 0) is 12.0 Å². The maximum atomic E-state index is 10.1. The van der Waals surface area contributed by atoms with Gasteiger partial charge in [0.2, 0.25) is 6.41 Å². The van der Waals surface area contributed by atoms with Gasteiger partial charge in [0.15, 0.2) is 0 Å². The molecule has 0 aliphatic heterocycles. The Hall–Kier alpha value is -1.22. The van der Waals surface area contributed by atoms with E-state index in [1.165, 1.54) is 0 Å². The van der Waals surface area contributed by atoms with Gasteiger partial charge in [0, 0.05) is 17.5 Å². The zero-order valence-electron chi connectivity index (χ0n) is 7.23. The molecule has 0 fully saturated rings. The summed E-state index contributed by atoms with van der Waals surface area (Å²) < 4.78 is 0. The predicted octanol–water partition coefficient (Wildman–Crippen LogP) is 1.60. The molecule has 0 bridgehead atoms. The summed E-state index contributed by atoms with van der Waals surface area (Å²) in [7, 11) is 0. The van der Waals surface area contributed by atoms with Crippen LogP contribution in [0.4, 0.5) is 0 Å². The van der Waals surface area contributed by atoms with Crippen molar-refractivity contribution in [1.82, 2.24) is 5.32 Å². The van der Waals surface area contributed by atoms with Gasteiger partial charge in [0.25, 0.3) is 0 Å². The summed E-state index contributed by atoms with van der Waals surface area (Å²) in [6, 6.07) is -0.00153. The van der Waals surface area contributed by atoms with Gasteiger partial charge in [0.1, 0.15) is 0 Å². The number of carbonyl (C=O) groups excluding carboxylic acids is 1. The lowest BCUT2D eigenvalue weighted by Crippen LogP contribution is -2.30. The van der Waals surface area contributed by atoms with Crippen LogP contribution in [0.15, 0.2) is 5.11 Å². The van der Waals surface area contributed by atoms with Crippen molar-refractivity contribution < 1.29 is 4.79 Å². The molecule has 0 aliphatic rings. The van der Waals surface area contributed by atoms with E-state index in [9.17, 15) is 4.79 Å². The fourth-order valence-electron chi connectivity index (χ4n) is 0.909. The molecular formula is C7H14N4O. The summed E-state index contributed by atoms with van der Waals surface area (Å²) >= 11 is 0. The van der Waals surface area contributed by atoms with E-state index in [2.05, 4.69) is 22.3 Å². The highest BCUT2D eigenvalue weighted by atomic mass is 16.1. The number of azide groups is 1. The van der Waals surface area contributed by atoms with E-state index in [-0.39, 0.29) is 6.04 Å². The minimum absolute atomic E-state index is 0.00153. The highest BCUT2D eigenvalue weighted by Crippen LogP contribution is 2.00. The lowest BCUT2D eigenvalue weighted by atomic mass is 10.1. The molecule has 0 radical (unpaired) electrons. The number of rotatable bonds is 7. The van der Waals surface area contributed by atoms with Gasteiger partial charge in [-0.3, -0.25) is 4.79 Å². The molecule has 5 heteroatoms. The molecule has 5 nitrogen and oxygen atoms in total. The van der Waals surface area contributed by atoms with Crippen LogP contribution < -0.4 is 5.32 Å². The molecule has 0 saturated heterocycles. The SMILES string of the molecule is CCCCC(CN=[N+]=[N-])NC=O. The van der Waals surface area contributed by atoms with Crippen LogP contribution in [0, 0.1) is 0 Å². The average molecular weight is 170 g/mol. The summed E-state index contributed by atoms with van der Waals surface area (Å²) in [5.74, 6) is 0. The summed E-state index contributed by atoms with van der Waals surface area (Å²) in [5, 5.41) is 6.01. The molecule has 0 saturated carbocycles. The fourth-order valence-corrected chi connectivity index (χ4v) is 0.909. The van der Waals surface area contributed by atoms with Gasteiger partial charge in [0.05, 0.1) is 0 Å². The van der Waals surface area contributed by atoms with Gasteiger partial charge in [-0.2, -0.15) is 0 Å². The standard InChI is InChI=1S/C7H14N4O/c1-2-3-4-7(9-6-12)5-10-11-8/h6-7H,2-5H2,1H3,(H,9,12). The van der Waals surface area contributed by atoms with E-state index >= 15 is 0 Å². The van der Waals surface area contributed by atoms with Crippen molar-refractivity contribution in [3.05, 3.63) is 10.4 Å². The molecule has 0 aromatic rings. The largest absolute Gasteiger partial charge is 0.356 e. The van der Waals surface area contributed by atoms with Crippen LogP contribution >= 0.6 is 0 Å². The Bertz CT molecular complexity index is 165. The van der Waals surface area contributed by atoms with Crippen molar-refractivity contribution in [1.29, 1.82) is 0 Å². The summed E-state index contributed by atoms with van der Waals surface area (Å²) in [5.41, 5.74) is 8.05. The fraction of sp³-hybridized carbons (Fsp3) is 0.857. The van der Waals surface area contributed by atoms with E-state index in [0.717, 1.165) is 19.3 Å². The van der Waals surface area contributed by atoms with Gasteiger partial charge in [-0.15, -0.1) is 0 Å². The lowest BCUT2D eigenvalue weighted by Gasteiger charge is -2.11. The van der Waals surface area contributed by atoms with Crippen LogP contribution in [0.2, 0.25) is 0 Å². The Kier molecular flexibility index (Phi) is 7.08. The van der Waals surface area contributed by atoms with Gasteiger partial charge in [-0.1, -0.05) is 24.9 Å². The Balaban J connectivity index is 3.67. The van der Waals surface area contributed by atoms with Crippen LogP contribution in [0.25, 0.3) is 10.4 Å². The maximum absolute atomic E-state index is 10.1. The molecule has 0 heterocycles. The Labute approximate surface area is 71.8 Å². The molecule has 0 aromatic carbocycles. The maximum Gasteiger partial charge on any atom is 0.207 e. The number of carbonyl (C=O) groups is 1. The molecule has 12 heavy (non-hydrogen) atoms.